The van der Waals surface area contributed by atoms with E-state index in [2.05, 4.69) is 10.4 Å². The van der Waals surface area contributed by atoms with Crippen LogP contribution in [0, 0.1) is 5.92 Å². The summed E-state index contributed by atoms with van der Waals surface area (Å²) in [5.41, 5.74) is 1.25. The molecule has 1 unspecified atom stereocenters. The monoisotopic (exact) mass is 333 g/mol. The van der Waals surface area contributed by atoms with Gasteiger partial charge in [0.25, 0.3) is 5.91 Å². The van der Waals surface area contributed by atoms with Gasteiger partial charge in [0.15, 0.2) is 9.84 Å². The summed E-state index contributed by atoms with van der Waals surface area (Å²) in [6, 6.07) is 11.1. The molecule has 2 aromatic rings. The molecule has 1 N–H and O–H groups in total. The molecule has 0 aliphatic carbocycles. The van der Waals surface area contributed by atoms with Crippen LogP contribution in [0.3, 0.4) is 0 Å². The van der Waals surface area contributed by atoms with E-state index in [1.54, 1.807) is 16.9 Å². The number of nitrogens with one attached hydrogen (secondary N) is 1. The van der Waals surface area contributed by atoms with Crippen molar-refractivity contribution in [1.29, 1.82) is 0 Å². The van der Waals surface area contributed by atoms with E-state index in [4.69, 9.17) is 0 Å². The first-order valence-electron chi connectivity index (χ1n) is 7.63. The molecule has 0 saturated carbocycles. The average Bonchev–Trinajstić information content (AvgIpc) is 3.02. The molecule has 1 aromatic carbocycles. The van der Waals surface area contributed by atoms with Gasteiger partial charge < -0.3 is 5.32 Å². The van der Waals surface area contributed by atoms with Gasteiger partial charge in [-0.15, -0.1) is 0 Å². The van der Waals surface area contributed by atoms with Gasteiger partial charge in [-0.3, -0.25) is 4.79 Å². The van der Waals surface area contributed by atoms with Crippen LogP contribution >= 0.6 is 0 Å². The van der Waals surface area contributed by atoms with E-state index in [-0.39, 0.29) is 23.3 Å². The Morgan fingerprint density at radius 3 is 2.78 bits per heavy atom. The molecule has 1 amide bonds. The Morgan fingerprint density at radius 2 is 2.04 bits per heavy atom. The Balaban J connectivity index is 1.67. The first kappa shape index (κ1) is 15.7. The molecule has 6 nitrogen and oxygen atoms in total. The molecule has 1 atom stereocenters. The second kappa shape index (κ2) is 6.54. The van der Waals surface area contributed by atoms with Gasteiger partial charge in [-0.2, -0.15) is 5.10 Å². The smallest absolute Gasteiger partial charge is 0.270 e. The van der Waals surface area contributed by atoms with Crippen molar-refractivity contribution in [2.45, 2.75) is 12.8 Å². The van der Waals surface area contributed by atoms with E-state index < -0.39 is 9.84 Å². The number of amides is 1. The SMILES string of the molecule is O=C(NCC1CCCS(=O)(=O)C1)c1ccnn1-c1ccccc1. The first-order chi connectivity index (χ1) is 11.1. The van der Waals surface area contributed by atoms with Gasteiger partial charge >= 0.3 is 0 Å². The summed E-state index contributed by atoms with van der Waals surface area (Å²) in [6.45, 7) is 0.373. The quantitative estimate of drug-likeness (QED) is 0.918. The van der Waals surface area contributed by atoms with Crippen LogP contribution in [-0.4, -0.2) is 42.2 Å². The van der Waals surface area contributed by atoms with Gasteiger partial charge in [0.2, 0.25) is 0 Å². The number of nitrogens with zero attached hydrogens (tertiary/aromatic N) is 2. The zero-order valence-corrected chi connectivity index (χ0v) is 13.5. The zero-order chi connectivity index (χ0) is 16.3. The molecule has 3 rings (SSSR count). The lowest BCUT2D eigenvalue weighted by Crippen LogP contribution is -2.36. The van der Waals surface area contributed by atoms with E-state index in [0.29, 0.717) is 18.7 Å². The molecule has 2 heterocycles. The van der Waals surface area contributed by atoms with Crippen molar-refractivity contribution in [1.82, 2.24) is 15.1 Å². The number of carbonyl (C=O) groups is 1. The first-order valence-corrected chi connectivity index (χ1v) is 9.45. The maximum Gasteiger partial charge on any atom is 0.270 e. The van der Waals surface area contributed by atoms with Crippen molar-refractivity contribution in [3.05, 3.63) is 48.3 Å². The highest BCUT2D eigenvalue weighted by molar-refractivity contribution is 7.91. The molecule has 1 aliphatic rings. The topological polar surface area (TPSA) is 81.1 Å². The van der Waals surface area contributed by atoms with E-state index in [9.17, 15) is 13.2 Å². The van der Waals surface area contributed by atoms with Crippen LogP contribution in [0.2, 0.25) is 0 Å². The van der Waals surface area contributed by atoms with Crippen molar-refractivity contribution in [3.8, 4) is 5.69 Å². The maximum absolute atomic E-state index is 12.4. The van der Waals surface area contributed by atoms with Crippen LogP contribution in [-0.2, 0) is 9.84 Å². The van der Waals surface area contributed by atoms with Gasteiger partial charge in [0.1, 0.15) is 5.69 Å². The second-order valence-corrected chi connectivity index (χ2v) is 8.03. The molecule has 1 aliphatic heterocycles. The van der Waals surface area contributed by atoms with Crippen molar-refractivity contribution >= 4 is 15.7 Å². The minimum atomic E-state index is -2.95. The summed E-state index contributed by atoms with van der Waals surface area (Å²) in [5.74, 6) is 0.170. The largest absolute Gasteiger partial charge is 0.350 e. The van der Waals surface area contributed by atoms with Crippen molar-refractivity contribution in [2.75, 3.05) is 18.1 Å². The maximum atomic E-state index is 12.4. The van der Waals surface area contributed by atoms with Crippen molar-refractivity contribution < 1.29 is 13.2 Å². The molecule has 0 radical (unpaired) electrons. The molecular weight excluding hydrogens is 314 g/mol. The van der Waals surface area contributed by atoms with Gasteiger partial charge in [-0.05, 0) is 37.0 Å². The van der Waals surface area contributed by atoms with Crippen LogP contribution in [0.15, 0.2) is 42.6 Å². The fourth-order valence-corrected chi connectivity index (χ4v) is 4.63. The number of sulfone groups is 1. The number of hydrogen-bond acceptors (Lipinski definition) is 4. The van der Waals surface area contributed by atoms with Gasteiger partial charge in [0, 0.05) is 6.54 Å². The number of benzene rings is 1. The van der Waals surface area contributed by atoms with Crippen molar-refractivity contribution in [3.63, 3.8) is 0 Å². The van der Waals surface area contributed by atoms with Gasteiger partial charge in [-0.1, -0.05) is 18.2 Å². The third-order valence-corrected chi connectivity index (χ3v) is 5.87. The Kier molecular flexibility index (Phi) is 4.47. The molecule has 0 spiro atoms. The lowest BCUT2D eigenvalue weighted by atomic mass is 10.1. The van der Waals surface area contributed by atoms with Crippen LogP contribution in [0.5, 0.6) is 0 Å². The molecule has 1 aromatic heterocycles. The summed E-state index contributed by atoms with van der Waals surface area (Å²) in [6.07, 6.45) is 3.08. The Bertz CT molecular complexity index is 784. The molecular formula is C16H19N3O3S. The zero-order valence-electron chi connectivity index (χ0n) is 12.7. The summed E-state index contributed by atoms with van der Waals surface area (Å²) >= 11 is 0. The highest BCUT2D eigenvalue weighted by Crippen LogP contribution is 2.18. The second-order valence-electron chi connectivity index (χ2n) is 5.80. The summed E-state index contributed by atoms with van der Waals surface area (Å²) in [4.78, 5) is 12.4. The van der Waals surface area contributed by atoms with Crippen LogP contribution < -0.4 is 5.32 Å². The number of para-hydroxylation sites is 1. The number of rotatable bonds is 4. The molecule has 1 fully saturated rings. The summed E-state index contributed by atoms with van der Waals surface area (Å²) in [7, 11) is -2.95. The van der Waals surface area contributed by atoms with E-state index in [1.807, 2.05) is 30.3 Å². The predicted molar refractivity (Wildman–Crippen MR) is 87.3 cm³/mol. The fourth-order valence-electron chi connectivity index (χ4n) is 2.86. The Hall–Kier alpha value is -2.15. The normalized spacial score (nSPS) is 20.1. The van der Waals surface area contributed by atoms with Crippen LogP contribution in [0.25, 0.3) is 5.69 Å². The Morgan fingerprint density at radius 1 is 1.26 bits per heavy atom. The summed E-state index contributed by atoms with van der Waals surface area (Å²) in [5, 5.41) is 7.02. The molecule has 23 heavy (non-hydrogen) atoms. The standard InChI is InChI=1S/C16H19N3O3S/c20-16(17-11-13-5-4-10-23(21,22)12-13)15-8-9-18-19(15)14-6-2-1-3-7-14/h1-3,6-9,13H,4-5,10-12H2,(H,17,20). The van der Waals surface area contributed by atoms with E-state index >= 15 is 0 Å². The fraction of sp³-hybridized carbons (Fsp3) is 0.375. The average molecular weight is 333 g/mol. The third-order valence-electron chi connectivity index (χ3n) is 3.98. The lowest BCUT2D eigenvalue weighted by molar-refractivity contribution is 0.0939. The highest BCUT2D eigenvalue weighted by atomic mass is 32.2. The highest BCUT2D eigenvalue weighted by Gasteiger charge is 2.25. The lowest BCUT2D eigenvalue weighted by Gasteiger charge is -2.22. The Labute approximate surface area is 135 Å². The number of hydrogen-bond donors (Lipinski definition) is 1. The van der Waals surface area contributed by atoms with Crippen molar-refractivity contribution in [2.24, 2.45) is 5.92 Å². The predicted octanol–water partition coefficient (Wildman–Crippen LogP) is 1.43. The molecule has 1 saturated heterocycles. The number of aromatic nitrogens is 2. The minimum absolute atomic E-state index is 0.00852. The third kappa shape index (κ3) is 3.79. The van der Waals surface area contributed by atoms with Gasteiger partial charge in [-0.25, -0.2) is 13.1 Å². The van der Waals surface area contributed by atoms with Crippen LogP contribution in [0.4, 0.5) is 0 Å². The van der Waals surface area contributed by atoms with Gasteiger partial charge in [0.05, 0.1) is 23.4 Å². The molecule has 122 valence electrons. The minimum Gasteiger partial charge on any atom is -0.350 e. The van der Waals surface area contributed by atoms with E-state index in [1.165, 1.54) is 0 Å². The van der Waals surface area contributed by atoms with E-state index in [0.717, 1.165) is 12.1 Å². The molecule has 7 heteroatoms. The van der Waals surface area contributed by atoms with Crippen LogP contribution in [0.1, 0.15) is 23.3 Å². The summed E-state index contributed by atoms with van der Waals surface area (Å²) < 4.78 is 24.9. The molecule has 0 bridgehead atoms. The number of carbonyl (C=O) groups excluding carboxylic acids is 1.